The Morgan fingerprint density at radius 1 is 1.35 bits per heavy atom. The number of thiocarbonyl (C=S) groups is 1. The van der Waals surface area contributed by atoms with E-state index >= 15 is 0 Å². The number of rotatable bonds is 5. The maximum atomic E-state index is 12.8. The Balaban J connectivity index is 1.57. The maximum absolute atomic E-state index is 12.8. The number of nitrogens with one attached hydrogen (secondary N) is 1. The zero-order valence-electron chi connectivity index (χ0n) is 15.3. The van der Waals surface area contributed by atoms with E-state index in [9.17, 15) is 4.79 Å². The number of fused-ring (bicyclic) bond motifs is 1. The summed E-state index contributed by atoms with van der Waals surface area (Å²) in [5.41, 5.74) is 11.3. The minimum absolute atomic E-state index is 0.137. The molecule has 0 saturated carbocycles. The van der Waals surface area contributed by atoms with Crippen molar-refractivity contribution in [3.8, 4) is 0 Å². The molecule has 1 aromatic rings. The van der Waals surface area contributed by atoms with Crippen molar-refractivity contribution >= 4 is 34.6 Å². The summed E-state index contributed by atoms with van der Waals surface area (Å²) in [5, 5.41) is 1.79. The van der Waals surface area contributed by atoms with Gasteiger partial charge in [0, 0.05) is 12.3 Å². The van der Waals surface area contributed by atoms with Gasteiger partial charge in [0.05, 0.1) is 5.69 Å². The van der Waals surface area contributed by atoms with Gasteiger partial charge in [0.25, 0.3) is 5.91 Å². The lowest BCUT2D eigenvalue weighted by molar-refractivity contribution is -0.124. The molecule has 0 bridgehead atoms. The molecule has 1 saturated heterocycles. The molecule has 1 amide bonds. The third kappa shape index (κ3) is 4.40. The van der Waals surface area contributed by atoms with Gasteiger partial charge in [-0.05, 0) is 69.7 Å². The van der Waals surface area contributed by atoms with Crippen molar-refractivity contribution in [2.45, 2.75) is 38.5 Å². The van der Waals surface area contributed by atoms with E-state index in [1.807, 2.05) is 31.2 Å². The molecule has 6 nitrogen and oxygen atoms in total. The van der Waals surface area contributed by atoms with Gasteiger partial charge in [-0.15, -0.1) is 0 Å². The van der Waals surface area contributed by atoms with Crippen LogP contribution >= 0.6 is 12.2 Å². The van der Waals surface area contributed by atoms with Crippen molar-refractivity contribution in [1.29, 1.82) is 0 Å². The molecule has 3 rings (SSSR count). The number of benzene rings is 1. The lowest BCUT2D eigenvalue weighted by Crippen LogP contribution is -2.51. The molecular formula is C19H27N5OS. The van der Waals surface area contributed by atoms with E-state index in [2.05, 4.69) is 15.3 Å². The Hall–Kier alpha value is -1.99. The fourth-order valence-electron chi connectivity index (χ4n) is 3.70. The lowest BCUT2D eigenvalue weighted by atomic mass is 9.96. The molecule has 2 aliphatic rings. The summed E-state index contributed by atoms with van der Waals surface area (Å²) >= 11 is 5.13. The fourth-order valence-corrected chi connectivity index (χ4v) is 3.84. The van der Waals surface area contributed by atoms with Crippen LogP contribution in [0.5, 0.6) is 0 Å². The molecular weight excluding hydrogens is 346 g/mol. The quantitative estimate of drug-likeness (QED) is 0.612. The number of hydrogen-bond acceptors (Lipinski definition) is 4. The van der Waals surface area contributed by atoms with Crippen LogP contribution in [0.4, 0.5) is 5.69 Å². The summed E-state index contributed by atoms with van der Waals surface area (Å²) in [6.45, 7) is 5.82. The highest BCUT2D eigenvalue weighted by Crippen LogP contribution is 2.35. The number of hydrogen-bond donors (Lipinski definition) is 2. The average molecular weight is 374 g/mol. The first-order valence-electron chi connectivity index (χ1n) is 9.30. The summed E-state index contributed by atoms with van der Waals surface area (Å²) in [4.78, 5) is 19.8. The minimum Gasteiger partial charge on any atom is -0.375 e. The molecule has 0 spiro atoms. The van der Waals surface area contributed by atoms with E-state index in [4.69, 9.17) is 18.0 Å². The Morgan fingerprint density at radius 3 is 2.81 bits per heavy atom. The van der Waals surface area contributed by atoms with Gasteiger partial charge in [-0.1, -0.05) is 24.6 Å². The number of likely N-dealkylation sites (tertiary alicyclic amines) is 1. The van der Waals surface area contributed by atoms with Crippen molar-refractivity contribution < 1.29 is 4.79 Å². The van der Waals surface area contributed by atoms with Crippen LogP contribution in [-0.4, -0.2) is 52.8 Å². The monoisotopic (exact) mass is 373 g/mol. The number of nitrogens with zero attached hydrogens (tertiary/aromatic N) is 3. The largest absolute Gasteiger partial charge is 0.375 e. The second kappa shape index (κ2) is 8.60. The minimum atomic E-state index is -0.384. The van der Waals surface area contributed by atoms with Gasteiger partial charge in [0.1, 0.15) is 5.92 Å². The lowest BCUT2D eigenvalue weighted by Gasteiger charge is -2.29. The second-order valence-corrected chi connectivity index (χ2v) is 7.39. The average Bonchev–Trinajstić information content (AvgIpc) is 2.97. The van der Waals surface area contributed by atoms with E-state index in [-0.39, 0.29) is 16.9 Å². The van der Waals surface area contributed by atoms with Gasteiger partial charge in [-0.3, -0.25) is 20.2 Å². The van der Waals surface area contributed by atoms with E-state index < -0.39 is 0 Å². The number of piperidine rings is 1. The number of carbonyl (C=O) groups excluding carboxylic acids is 1. The predicted molar refractivity (Wildman–Crippen MR) is 108 cm³/mol. The van der Waals surface area contributed by atoms with E-state index in [1.54, 1.807) is 5.01 Å². The second-order valence-electron chi connectivity index (χ2n) is 6.97. The fraction of sp³-hybridized carbons (Fsp3) is 0.526. The first-order valence-corrected chi connectivity index (χ1v) is 9.71. The Bertz CT molecular complexity index is 699. The van der Waals surface area contributed by atoms with Crippen molar-refractivity contribution in [2.75, 3.05) is 26.2 Å². The van der Waals surface area contributed by atoms with Crippen LogP contribution in [0, 0.1) is 0 Å². The first kappa shape index (κ1) is 18.8. The highest BCUT2D eigenvalue weighted by molar-refractivity contribution is 7.80. The van der Waals surface area contributed by atoms with Gasteiger partial charge >= 0.3 is 0 Å². The zero-order chi connectivity index (χ0) is 18.5. The van der Waals surface area contributed by atoms with Crippen LogP contribution in [0.1, 0.15) is 44.1 Å². The van der Waals surface area contributed by atoms with Gasteiger partial charge in [-0.25, -0.2) is 0 Å². The summed E-state index contributed by atoms with van der Waals surface area (Å²) < 4.78 is 0. The third-order valence-electron chi connectivity index (χ3n) is 5.04. The van der Waals surface area contributed by atoms with Crippen molar-refractivity contribution in [3.05, 3.63) is 29.8 Å². The summed E-state index contributed by atoms with van der Waals surface area (Å²) in [5.74, 6) is -0.521. The Labute approximate surface area is 160 Å². The van der Waals surface area contributed by atoms with Gasteiger partial charge in [-0.2, -0.15) is 0 Å². The van der Waals surface area contributed by atoms with Gasteiger partial charge < -0.3 is 10.6 Å². The third-order valence-corrected chi connectivity index (χ3v) is 5.26. The number of carbonyl (C=O) groups is 1. The van der Waals surface area contributed by atoms with E-state index in [1.165, 1.54) is 19.3 Å². The number of aliphatic imine (C=N–C) groups is 1. The number of amides is 1. The molecule has 2 aliphatic heterocycles. The van der Waals surface area contributed by atoms with Gasteiger partial charge in [0.2, 0.25) is 0 Å². The topological polar surface area (TPSA) is 74.0 Å². The molecule has 26 heavy (non-hydrogen) atoms. The van der Waals surface area contributed by atoms with Crippen LogP contribution in [0.3, 0.4) is 0 Å². The summed E-state index contributed by atoms with van der Waals surface area (Å²) in [6, 6.07) is 7.73. The Morgan fingerprint density at radius 2 is 2.08 bits per heavy atom. The molecule has 0 radical (unpaired) electrons. The maximum Gasteiger partial charge on any atom is 0.251 e. The standard InChI is InChI=1S/C19H27N5OS/c1-14-17(15-8-3-4-9-16(15)21-14)18(25)22-24(19(20)26)13-7-12-23-10-5-2-6-11-23/h3-4,8-9,17H,2,5-7,10-13H2,1H3,(H2,20,26)(H,22,25). The predicted octanol–water partition coefficient (Wildman–Crippen LogP) is 2.33. The van der Waals surface area contributed by atoms with E-state index in [0.717, 1.165) is 43.0 Å². The first-order chi connectivity index (χ1) is 12.6. The van der Waals surface area contributed by atoms with Crippen molar-refractivity contribution in [1.82, 2.24) is 15.3 Å². The molecule has 3 N–H and O–H groups in total. The number of para-hydroxylation sites is 1. The summed E-state index contributed by atoms with van der Waals surface area (Å²) in [7, 11) is 0. The molecule has 0 aliphatic carbocycles. The molecule has 2 heterocycles. The smallest absolute Gasteiger partial charge is 0.251 e. The van der Waals surface area contributed by atoms with Gasteiger partial charge in [0.15, 0.2) is 5.11 Å². The van der Waals surface area contributed by atoms with Crippen molar-refractivity contribution in [2.24, 2.45) is 10.7 Å². The molecule has 0 aromatic heterocycles. The molecule has 1 atom stereocenters. The SMILES string of the molecule is CC1=Nc2ccccc2C1C(=O)NN(CCCN1CCCCC1)C(N)=S. The normalized spacial score (nSPS) is 19.6. The molecule has 140 valence electrons. The number of hydrazine groups is 1. The van der Waals surface area contributed by atoms with Crippen LogP contribution in [0.15, 0.2) is 29.3 Å². The van der Waals surface area contributed by atoms with E-state index in [0.29, 0.717) is 6.54 Å². The molecule has 1 fully saturated rings. The van der Waals surface area contributed by atoms with Crippen molar-refractivity contribution in [3.63, 3.8) is 0 Å². The highest BCUT2D eigenvalue weighted by atomic mass is 32.1. The van der Waals surface area contributed by atoms with Crippen LogP contribution in [0.25, 0.3) is 0 Å². The molecule has 7 heteroatoms. The zero-order valence-corrected chi connectivity index (χ0v) is 16.1. The molecule has 1 aromatic carbocycles. The van der Waals surface area contributed by atoms with Crippen LogP contribution in [-0.2, 0) is 4.79 Å². The Kier molecular flexibility index (Phi) is 6.21. The van der Waals surface area contributed by atoms with Crippen LogP contribution < -0.4 is 11.2 Å². The summed E-state index contributed by atoms with van der Waals surface area (Å²) in [6.07, 6.45) is 4.78. The number of nitrogens with two attached hydrogens (primary N) is 1. The highest BCUT2D eigenvalue weighted by Gasteiger charge is 2.31. The molecule has 1 unspecified atom stereocenters. The van der Waals surface area contributed by atoms with Crippen LogP contribution in [0.2, 0.25) is 0 Å².